The van der Waals surface area contributed by atoms with Gasteiger partial charge in [0, 0.05) is 16.8 Å². The van der Waals surface area contributed by atoms with Gasteiger partial charge in [-0.3, -0.25) is 4.79 Å². The second-order valence-electron chi connectivity index (χ2n) is 14.2. The van der Waals surface area contributed by atoms with Gasteiger partial charge in [0.15, 0.2) is 5.69 Å². The number of aromatic nitrogens is 1. The average Bonchev–Trinajstić information content (AvgIpc) is 3.43. The molecule has 0 saturated heterocycles. The molecule has 4 aliphatic carbocycles. The highest BCUT2D eigenvalue weighted by Gasteiger charge is 2.62. The minimum Gasteiger partial charge on any atom is -0.493 e. The monoisotopic (exact) mass is 603 g/mol. The number of carbonyl (C=O) groups excluding carboxylic acids is 1. The summed E-state index contributed by atoms with van der Waals surface area (Å²) in [5.74, 6) is 2.13. The summed E-state index contributed by atoms with van der Waals surface area (Å²) in [4.78, 5) is 15.5. The molecule has 0 radical (unpaired) electrons. The van der Waals surface area contributed by atoms with Gasteiger partial charge >= 0.3 is 0 Å². The van der Waals surface area contributed by atoms with E-state index in [9.17, 15) is 20.1 Å². The van der Waals surface area contributed by atoms with E-state index in [0.29, 0.717) is 62.9 Å². The Bertz CT molecular complexity index is 1360. The van der Waals surface area contributed by atoms with E-state index in [4.69, 9.17) is 23.2 Å². The van der Waals surface area contributed by atoms with Crippen molar-refractivity contribution in [1.29, 1.82) is 0 Å². The van der Waals surface area contributed by atoms with E-state index in [1.165, 1.54) is 6.42 Å². The number of nitrogens with one attached hydrogen (secondary N) is 1. The number of aromatic amines is 1. The van der Waals surface area contributed by atoms with Gasteiger partial charge in [0.1, 0.15) is 0 Å². The molecule has 1 aromatic heterocycles. The highest BCUT2D eigenvalue weighted by molar-refractivity contribution is 6.38. The van der Waals surface area contributed by atoms with E-state index in [0.717, 1.165) is 51.4 Å². The summed E-state index contributed by atoms with van der Waals surface area (Å²) in [6.45, 7) is 7.16. The molecule has 41 heavy (non-hydrogen) atoms. The predicted octanol–water partition coefficient (Wildman–Crippen LogP) is 8.20. The lowest BCUT2D eigenvalue weighted by molar-refractivity contribution is -0.174. The molecule has 4 N–H and O–H groups in total. The number of hydrogen-bond donors (Lipinski definition) is 4. The largest absolute Gasteiger partial charge is 0.493 e. The number of nitrogens with zero attached hydrogens (tertiary/aromatic N) is 2. The maximum atomic E-state index is 12.8. The van der Waals surface area contributed by atoms with Crippen LogP contribution < -0.4 is 0 Å². The number of carbonyl (C=O) groups is 1. The van der Waals surface area contributed by atoms with Crippen molar-refractivity contribution in [1.82, 2.24) is 4.98 Å². The van der Waals surface area contributed by atoms with Crippen molar-refractivity contribution in [3.63, 3.8) is 0 Å². The Morgan fingerprint density at radius 1 is 1.07 bits per heavy atom. The first-order valence-electron chi connectivity index (χ1n) is 15.4. The standard InChI is InChI=1S/C32H43Cl2N3O4/c1-16(4-7-26(40)36-37-29-20-14-18(33)15-24(34)28(20)35-30(29)41)21-5-6-22-27-23(9-11-32(21,22)3)31(2)10-8-19(38)12-17(31)13-25(27)39/h14-17,19,21-23,25,27,35,38-39,41H,4-13H2,1-3H3/t16-,17+,19-,21+,22-,23+,25-,27-,31-,32-/m1/s1. The average molecular weight is 605 g/mol. The Labute approximate surface area is 252 Å². The van der Waals surface area contributed by atoms with Gasteiger partial charge < -0.3 is 20.3 Å². The van der Waals surface area contributed by atoms with Gasteiger partial charge in [-0.05, 0) is 116 Å². The smallest absolute Gasteiger partial charge is 0.264 e. The SMILES string of the molecule is C[C@H](CCC(=O)N=Nc1c(O)[nH]c2c(Cl)cc(Cl)cc12)[C@@H]1CC[C@@H]2[C@H]3[C@H](O)C[C@@H]4C[C@H](O)CC[C@@]4(C)[C@H]3CC[C@@]21C. The molecule has 4 fully saturated rings. The van der Waals surface area contributed by atoms with E-state index < -0.39 is 0 Å². The Morgan fingerprint density at radius 2 is 1.80 bits per heavy atom. The Balaban J connectivity index is 1.11. The Hall–Kier alpha value is -1.67. The first-order chi connectivity index (χ1) is 19.4. The number of aliphatic hydroxyl groups is 2. The van der Waals surface area contributed by atoms with Gasteiger partial charge in [-0.15, -0.1) is 10.2 Å². The Kier molecular flexibility index (Phi) is 7.74. The highest BCUT2D eigenvalue weighted by atomic mass is 35.5. The molecule has 0 bridgehead atoms. The van der Waals surface area contributed by atoms with Crippen molar-refractivity contribution in [3.05, 3.63) is 22.2 Å². The first kappa shape index (κ1) is 29.4. The number of benzene rings is 1. The zero-order valence-corrected chi connectivity index (χ0v) is 25.8. The zero-order chi connectivity index (χ0) is 29.3. The van der Waals surface area contributed by atoms with Crippen LogP contribution in [0.15, 0.2) is 22.4 Å². The summed E-state index contributed by atoms with van der Waals surface area (Å²) in [5.41, 5.74) is 1.04. The normalized spacial score (nSPS) is 39.4. The van der Waals surface area contributed by atoms with Crippen LogP contribution in [0.5, 0.6) is 5.88 Å². The van der Waals surface area contributed by atoms with Crippen LogP contribution in [0.2, 0.25) is 10.0 Å². The number of fused-ring (bicyclic) bond motifs is 6. The maximum Gasteiger partial charge on any atom is 0.264 e. The van der Waals surface area contributed by atoms with Crippen molar-refractivity contribution >= 4 is 45.7 Å². The van der Waals surface area contributed by atoms with Crippen molar-refractivity contribution in [3.8, 4) is 5.88 Å². The number of hydrogen-bond acceptors (Lipinski definition) is 5. The Morgan fingerprint density at radius 3 is 2.59 bits per heavy atom. The fraction of sp³-hybridized carbons (Fsp3) is 0.719. The van der Waals surface area contributed by atoms with Gasteiger partial charge in [-0.25, -0.2) is 0 Å². The van der Waals surface area contributed by atoms with Crippen LogP contribution >= 0.6 is 23.2 Å². The highest BCUT2D eigenvalue weighted by Crippen LogP contribution is 2.68. The topological polar surface area (TPSA) is 118 Å². The van der Waals surface area contributed by atoms with Crippen molar-refractivity contribution in [2.24, 2.45) is 56.6 Å². The fourth-order valence-electron chi connectivity index (χ4n) is 10.2. The van der Waals surface area contributed by atoms with E-state index in [1.54, 1.807) is 12.1 Å². The molecule has 2 aromatic rings. The van der Waals surface area contributed by atoms with Crippen molar-refractivity contribution < 1.29 is 20.1 Å². The van der Waals surface area contributed by atoms with Gasteiger partial charge in [0.25, 0.3) is 5.91 Å². The molecule has 1 heterocycles. The number of aromatic hydroxyl groups is 1. The summed E-state index contributed by atoms with van der Waals surface area (Å²) in [7, 11) is 0. The minimum atomic E-state index is -0.316. The van der Waals surface area contributed by atoms with Crippen LogP contribution in [-0.4, -0.2) is 38.4 Å². The molecule has 0 aliphatic heterocycles. The second-order valence-corrected chi connectivity index (χ2v) is 15.0. The summed E-state index contributed by atoms with van der Waals surface area (Å²) in [6, 6.07) is 3.20. The molecule has 4 saturated carbocycles. The molecule has 0 unspecified atom stereocenters. The molecule has 0 spiro atoms. The van der Waals surface area contributed by atoms with Crippen LogP contribution in [-0.2, 0) is 4.79 Å². The molecule has 6 rings (SSSR count). The molecule has 1 amide bonds. The summed E-state index contributed by atoms with van der Waals surface area (Å²) >= 11 is 12.3. The number of amides is 1. The fourth-order valence-corrected chi connectivity index (χ4v) is 10.7. The molecule has 7 nitrogen and oxygen atoms in total. The van der Waals surface area contributed by atoms with Gasteiger partial charge in [0.05, 0.1) is 22.7 Å². The van der Waals surface area contributed by atoms with Crippen molar-refractivity contribution in [2.75, 3.05) is 0 Å². The summed E-state index contributed by atoms with van der Waals surface area (Å²) < 4.78 is 0. The lowest BCUT2D eigenvalue weighted by Crippen LogP contribution is -2.58. The van der Waals surface area contributed by atoms with Crippen LogP contribution in [0.3, 0.4) is 0 Å². The molecule has 9 heteroatoms. The van der Waals surface area contributed by atoms with Crippen LogP contribution in [0.4, 0.5) is 5.69 Å². The molecule has 10 atom stereocenters. The van der Waals surface area contributed by atoms with E-state index in [-0.39, 0.29) is 40.5 Å². The zero-order valence-electron chi connectivity index (χ0n) is 24.2. The van der Waals surface area contributed by atoms with Crippen LogP contribution in [0, 0.1) is 46.3 Å². The van der Waals surface area contributed by atoms with Crippen LogP contribution in [0.1, 0.15) is 85.0 Å². The quantitative estimate of drug-likeness (QED) is 0.257. The third-order valence-corrected chi connectivity index (χ3v) is 12.8. The van der Waals surface area contributed by atoms with E-state index in [1.807, 2.05) is 0 Å². The first-order valence-corrected chi connectivity index (χ1v) is 16.2. The molecule has 4 aliphatic rings. The van der Waals surface area contributed by atoms with Crippen LogP contribution in [0.25, 0.3) is 10.9 Å². The second kappa shape index (κ2) is 10.8. The summed E-state index contributed by atoms with van der Waals surface area (Å²) in [6.07, 6.45) is 8.76. The third-order valence-electron chi connectivity index (χ3n) is 12.3. The third kappa shape index (κ3) is 4.93. The number of rotatable bonds is 5. The molecule has 1 aromatic carbocycles. The maximum absolute atomic E-state index is 12.8. The summed E-state index contributed by atoms with van der Waals surface area (Å²) in [5, 5.41) is 41.4. The molecular weight excluding hydrogens is 561 g/mol. The van der Waals surface area contributed by atoms with Gasteiger partial charge in [-0.2, -0.15) is 0 Å². The number of halogens is 2. The predicted molar refractivity (Wildman–Crippen MR) is 161 cm³/mol. The lowest BCUT2D eigenvalue weighted by atomic mass is 9.43. The van der Waals surface area contributed by atoms with Crippen molar-refractivity contribution in [2.45, 2.75) is 97.2 Å². The van der Waals surface area contributed by atoms with E-state index >= 15 is 0 Å². The van der Waals surface area contributed by atoms with Gasteiger partial charge in [-0.1, -0.05) is 44.0 Å². The lowest BCUT2D eigenvalue weighted by Gasteiger charge is -2.62. The minimum absolute atomic E-state index is 0.156. The number of H-pyrrole nitrogens is 1. The number of azo groups is 1. The molecular formula is C32H43Cl2N3O4. The van der Waals surface area contributed by atoms with E-state index in [2.05, 4.69) is 36.0 Å². The number of aliphatic hydroxyl groups excluding tert-OH is 2. The molecule has 224 valence electrons. The van der Waals surface area contributed by atoms with Gasteiger partial charge in [0.2, 0.25) is 5.88 Å².